The Labute approximate surface area is 130 Å². The summed E-state index contributed by atoms with van der Waals surface area (Å²) in [5.74, 6) is 0.419. The van der Waals surface area contributed by atoms with E-state index in [-0.39, 0.29) is 18.0 Å². The minimum atomic E-state index is -0.174. The molecule has 1 N–H and O–H groups in total. The molecule has 1 aromatic heterocycles. The number of hydrogen-bond donors (Lipinski definition) is 1. The number of carbonyl (C=O) groups is 1. The Balaban J connectivity index is 1.88. The topological polar surface area (TPSA) is 45.3 Å². The number of H-pyrrole nitrogens is 1. The molecule has 0 saturated carbocycles. The third kappa shape index (κ3) is 1.90. The summed E-state index contributed by atoms with van der Waals surface area (Å²) in [5, 5.41) is 1.34. The summed E-state index contributed by atoms with van der Waals surface area (Å²) in [6.45, 7) is 4.67. The Morgan fingerprint density at radius 1 is 1.41 bits per heavy atom. The van der Waals surface area contributed by atoms with Gasteiger partial charge in [-0.15, -0.1) is 0 Å². The first-order valence-corrected chi connectivity index (χ1v) is 8.02. The zero-order chi connectivity index (χ0) is 15.4. The molecule has 1 aliphatic carbocycles. The smallest absolute Gasteiger partial charge is 0.302 e. The quantitative estimate of drug-likeness (QED) is 0.823. The Bertz CT molecular complexity index is 736. The van der Waals surface area contributed by atoms with Gasteiger partial charge in [0.2, 0.25) is 0 Å². The number of fused-ring (bicyclic) bond motifs is 2. The van der Waals surface area contributed by atoms with Crippen LogP contribution in [-0.2, 0) is 16.0 Å². The average molecular weight is 298 g/mol. The Kier molecular flexibility index (Phi) is 3.05. The van der Waals surface area contributed by atoms with Crippen molar-refractivity contribution in [2.75, 3.05) is 13.6 Å². The predicted octanol–water partition coefficient (Wildman–Crippen LogP) is 2.69. The number of carbonyl (C=O) groups excluding carboxylic acids is 1. The fourth-order valence-corrected chi connectivity index (χ4v) is 4.54. The molecule has 4 rings (SSSR count). The molecular weight excluding hydrogens is 276 g/mol. The first-order valence-electron chi connectivity index (χ1n) is 8.02. The molecule has 22 heavy (non-hydrogen) atoms. The van der Waals surface area contributed by atoms with Crippen LogP contribution < -0.4 is 0 Å². The lowest BCUT2D eigenvalue weighted by Crippen LogP contribution is -2.55. The Morgan fingerprint density at radius 2 is 2.23 bits per heavy atom. The van der Waals surface area contributed by atoms with Gasteiger partial charge in [-0.3, -0.25) is 4.79 Å². The van der Waals surface area contributed by atoms with Gasteiger partial charge in [0, 0.05) is 48.4 Å². The molecule has 0 amide bonds. The minimum absolute atomic E-state index is 0.0349. The third-order valence-corrected chi connectivity index (χ3v) is 5.38. The summed E-state index contributed by atoms with van der Waals surface area (Å²) in [6, 6.07) is 6.83. The van der Waals surface area contributed by atoms with Crippen LogP contribution in [0.2, 0.25) is 0 Å². The lowest BCUT2D eigenvalue weighted by molar-refractivity contribution is -0.155. The van der Waals surface area contributed by atoms with Crippen LogP contribution in [0.25, 0.3) is 10.9 Å². The highest BCUT2D eigenvalue weighted by molar-refractivity contribution is 5.88. The first kappa shape index (κ1) is 13.8. The average Bonchev–Trinajstić information content (AvgIpc) is 2.88. The van der Waals surface area contributed by atoms with Crippen LogP contribution in [0.15, 0.2) is 24.4 Å². The zero-order valence-corrected chi connectivity index (χ0v) is 13.3. The van der Waals surface area contributed by atoms with Crippen LogP contribution in [0.4, 0.5) is 0 Å². The van der Waals surface area contributed by atoms with Crippen molar-refractivity contribution in [1.82, 2.24) is 9.88 Å². The number of nitrogens with zero attached hydrogens (tertiary/aromatic N) is 1. The molecule has 0 unspecified atom stereocenters. The van der Waals surface area contributed by atoms with Crippen molar-refractivity contribution in [2.24, 2.45) is 5.92 Å². The second-order valence-corrected chi connectivity index (χ2v) is 6.87. The van der Waals surface area contributed by atoms with E-state index in [4.69, 9.17) is 4.74 Å². The van der Waals surface area contributed by atoms with Crippen LogP contribution >= 0.6 is 0 Å². The van der Waals surface area contributed by atoms with Gasteiger partial charge in [0.1, 0.15) is 6.10 Å². The van der Waals surface area contributed by atoms with E-state index >= 15 is 0 Å². The monoisotopic (exact) mass is 298 g/mol. The van der Waals surface area contributed by atoms with Crippen molar-refractivity contribution in [3.05, 3.63) is 35.5 Å². The lowest BCUT2D eigenvalue weighted by atomic mass is 9.71. The highest BCUT2D eigenvalue weighted by Gasteiger charge is 2.46. The van der Waals surface area contributed by atoms with Gasteiger partial charge in [0.25, 0.3) is 0 Å². The van der Waals surface area contributed by atoms with E-state index in [0.717, 1.165) is 13.0 Å². The van der Waals surface area contributed by atoms with E-state index in [1.807, 2.05) is 0 Å². The molecule has 2 aromatic rings. The summed E-state index contributed by atoms with van der Waals surface area (Å²) < 4.78 is 5.77. The molecule has 2 aliphatic rings. The standard InChI is InChI=1S/C18H22N2O2/c1-10-9-20(3)15-7-12-8-19-14-6-4-5-13(16(12)14)17(15)18(10)22-11(2)21/h4-6,8,10,15,17-19H,7,9H2,1-3H3/t10-,15-,17-,18-/m1/s1. The van der Waals surface area contributed by atoms with Crippen molar-refractivity contribution in [1.29, 1.82) is 0 Å². The van der Waals surface area contributed by atoms with Crippen molar-refractivity contribution in [2.45, 2.75) is 38.3 Å². The van der Waals surface area contributed by atoms with E-state index in [0.29, 0.717) is 12.0 Å². The molecule has 1 fully saturated rings. The number of hydrogen-bond acceptors (Lipinski definition) is 3. The maximum absolute atomic E-state index is 11.6. The van der Waals surface area contributed by atoms with Gasteiger partial charge >= 0.3 is 5.97 Å². The zero-order valence-electron chi connectivity index (χ0n) is 13.3. The third-order valence-electron chi connectivity index (χ3n) is 5.38. The van der Waals surface area contributed by atoms with E-state index in [1.165, 1.54) is 29.0 Å². The second kappa shape index (κ2) is 4.85. The fourth-order valence-electron chi connectivity index (χ4n) is 4.54. The Hall–Kier alpha value is -1.81. The molecule has 4 nitrogen and oxygen atoms in total. The number of esters is 1. The largest absolute Gasteiger partial charge is 0.462 e. The molecule has 1 aromatic carbocycles. The van der Waals surface area contributed by atoms with E-state index in [2.05, 4.69) is 48.3 Å². The number of aromatic nitrogens is 1. The second-order valence-electron chi connectivity index (χ2n) is 6.87. The molecule has 4 heteroatoms. The van der Waals surface area contributed by atoms with E-state index < -0.39 is 0 Å². The number of aromatic amines is 1. The molecule has 1 aliphatic heterocycles. The number of likely N-dealkylation sites (N-methyl/N-ethyl adjacent to an activating group) is 1. The van der Waals surface area contributed by atoms with Crippen LogP contribution in [0.3, 0.4) is 0 Å². The number of rotatable bonds is 1. The van der Waals surface area contributed by atoms with Gasteiger partial charge in [0.05, 0.1) is 0 Å². The summed E-state index contributed by atoms with van der Waals surface area (Å²) in [7, 11) is 2.19. The van der Waals surface area contributed by atoms with E-state index in [9.17, 15) is 4.79 Å². The van der Waals surface area contributed by atoms with Crippen molar-refractivity contribution >= 4 is 16.9 Å². The molecule has 0 radical (unpaired) electrons. The SMILES string of the molecule is CC(=O)O[C@H]1[C@@H]2c3cccc4[nH]cc(c34)C[C@H]2N(C)C[C@H]1C. The van der Waals surface area contributed by atoms with Gasteiger partial charge < -0.3 is 14.6 Å². The lowest BCUT2D eigenvalue weighted by Gasteiger charge is -2.48. The van der Waals surface area contributed by atoms with Gasteiger partial charge in [-0.2, -0.15) is 0 Å². The molecule has 4 atom stereocenters. The molecular formula is C18H22N2O2. The molecule has 0 bridgehead atoms. The first-order chi connectivity index (χ1) is 10.6. The van der Waals surface area contributed by atoms with Gasteiger partial charge in [-0.25, -0.2) is 0 Å². The number of likely N-dealkylation sites (tertiary alicyclic amines) is 1. The van der Waals surface area contributed by atoms with Crippen molar-refractivity contribution < 1.29 is 9.53 Å². The number of nitrogens with one attached hydrogen (secondary N) is 1. The van der Waals surface area contributed by atoms with Crippen LogP contribution in [0.5, 0.6) is 0 Å². The highest BCUT2D eigenvalue weighted by atomic mass is 16.5. The fraction of sp³-hybridized carbons (Fsp3) is 0.500. The maximum Gasteiger partial charge on any atom is 0.302 e. The van der Waals surface area contributed by atoms with Crippen LogP contribution in [-0.4, -0.2) is 41.6 Å². The minimum Gasteiger partial charge on any atom is -0.462 e. The van der Waals surface area contributed by atoms with Gasteiger partial charge in [-0.1, -0.05) is 19.1 Å². The Morgan fingerprint density at radius 3 is 3.00 bits per heavy atom. The molecule has 2 heterocycles. The molecule has 1 saturated heterocycles. The maximum atomic E-state index is 11.6. The molecule has 116 valence electrons. The number of benzene rings is 1. The summed E-state index contributed by atoms with van der Waals surface area (Å²) in [6.07, 6.45) is 3.12. The number of piperidine rings is 1. The summed E-state index contributed by atoms with van der Waals surface area (Å²) in [4.78, 5) is 17.4. The summed E-state index contributed by atoms with van der Waals surface area (Å²) in [5.41, 5.74) is 3.90. The molecule has 0 spiro atoms. The summed E-state index contributed by atoms with van der Waals surface area (Å²) >= 11 is 0. The number of ether oxygens (including phenoxy) is 1. The predicted molar refractivity (Wildman–Crippen MR) is 85.9 cm³/mol. The van der Waals surface area contributed by atoms with Gasteiger partial charge in [-0.05, 0) is 30.7 Å². The normalized spacial score (nSPS) is 31.0. The van der Waals surface area contributed by atoms with Gasteiger partial charge in [0.15, 0.2) is 0 Å². The van der Waals surface area contributed by atoms with Crippen molar-refractivity contribution in [3.8, 4) is 0 Å². The van der Waals surface area contributed by atoms with Crippen LogP contribution in [0.1, 0.15) is 30.9 Å². The van der Waals surface area contributed by atoms with Crippen LogP contribution in [0, 0.1) is 5.92 Å². The van der Waals surface area contributed by atoms with Crippen molar-refractivity contribution in [3.63, 3.8) is 0 Å². The highest BCUT2D eigenvalue weighted by Crippen LogP contribution is 2.45. The van der Waals surface area contributed by atoms with E-state index in [1.54, 1.807) is 0 Å².